The molecule has 1 aromatic carbocycles. The third kappa shape index (κ3) is 3.21. The molecular weight excluding hydrogens is 182 g/mol. The van der Waals surface area contributed by atoms with Crippen molar-refractivity contribution in [2.45, 2.75) is 20.8 Å². The first kappa shape index (κ1) is 11.4. The first-order valence-corrected chi connectivity index (χ1v) is 5.33. The molecule has 0 N–H and O–H groups in total. The van der Waals surface area contributed by atoms with E-state index in [-0.39, 0.29) is 0 Å². The molecule has 1 nitrogen and oxygen atoms in total. The molecule has 0 aliphatic carbocycles. The first-order valence-electron chi connectivity index (χ1n) is 5.33. The van der Waals surface area contributed by atoms with Crippen LogP contribution in [-0.4, -0.2) is 4.98 Å². The Morgan fingerprint density at radius 2 is 1.53 bits per heavy atom. The molecule has 0 aliphatic heterocycles. The van der Waals surface area contributed by atoms with Gasteiger partial charge in [-0.15, -0.1) is 0 Å². The Kier molecular flexibility index (Phi) is 4.55. The maximum Gasteiger partial charge on any atom is 0.0346 e. The van der Waals surface area contributed by atoms with E-state index in [0.29, 0.717) is 0 Å². The van der Waals surface area contributed by atoms with E-state index in [1.165, 1.54) is 16.7 Å². The van der Waals surface area contributed by atoms with Gasteiger partial charge in [0.05, 0.1) is 0 Å². The lowest BCUT2D eigenvalue weighted by atomic mass is 10.1. The highest BCUT2D eigenvalue weighted by atomic mass is 14.6. The smallest absolute Gasteiger partial charge is 0.0346 e. The number of hydrogen-bond acceptors (Lipinski definition) is 1. The van der Waals surface area contributed by atoms with Crippen LogP contribution >= 0.6 is 0 Å². The first-order chi connectivity index (χ1) is 7.36. The average Bonchev–Trinajstić information content (AvgIpc) is 2.34. The summed E-state index contributed by atoms with van der Waals surface area (Å²) in [5.41, 5.74) is 3.67. The molecular formula is C14H17N. The fourth-order valence-electron chi connectivity index (χ4n) is 1.28. The lowest BCUT2D eigenvalue weighted by molar-refractivity contribution is 1.33. The molecule has 0 unspecified atom stereocenters. The van der Waals surface area contributed by atoms with Crippen molar-refractivity contribution in [2.75, 3.05) is 0 Å². The number of aryl methyl sites for hydroxylation is 1. The highest BCUT2D eigenvalue weighted by molar-refractivity contribution is 5.62. The average molecular weight is 199 g/mol. The summed E-state index contributed by atoms with van der Waals surface area (Å²) in [5.74, 6) is 0. The molecule has 0 saturated carbocycles. The van der Waals surface area contributed by atoms with Gasteiger partial charge in [0.2, 0.25) is 0 Å². The van der Waals surface area contributed by atoms with Crippen molar-refractivity contribution in [3.05, 3.63) is 54.4 Å². The fourth-order valence-corrected chi connectivity index (χ4v) is 1.28. The second-order valence-electron chi connectivity index (χ2n) is 3.11. The maximum absolute atomic E-state index is 4.08. The molecule has 2 rings (SSSR count). The molecule has 0 amide bonds. The number of benzene rings is 1. The van der Waals surface area contributed by atoms with E-state index in [0.717, 1.165) is 0 Å². The highest BCUT2D eigenvalue weighted by Crippen LogP contribution is 2.17. The summed E-state index contributed by atoms with van der Waals surface area (Å²) in [4.78, 5) is 4.08. The summed E-state index contributed by atoms with van der Waals surface area (Å²) in [6.07, 6.45) is 3.67. The number of pyridine rings is 1. The zero-order valence-corrected chi connectivity index (χ0v) is 9.57. The van der Waals surface area contributed by atoms with Gasteiger partial charge in [0.25, 0.3) is 0 Å². The second-order valence-corrected chi connectivity index (χ2v) is 3.11. The van der Waals surface area contributed by atoms with Gasteiger partial charge in [-0.3, -0.25) is 4.98 Å². The van der Waals surface area contributed by atoms with E-state index in [2.05, 4.69) is 42.2 Å². The van der Waals surface area contributed by atoms with Crippen LogP contribution in [0.3, 0.4) is 0 Å². The fraction of sp³-hybridized carbons (Fsp3) is 0.214. The molecule has 0 bridgehead atoms. The molecule has 1 heterocycles. The molecule has 0 radical (unpaired) electrons. The van der Waals surface area contributed by atoms with Gasteiger partial charge in [-0.1, -0.05) is 49.7 Å². The summed E-state index contributed by atoms with van der Waals surface area (Å²) >= 11 is 0. The van der Waals surface area contributed by atoms with Crippen molar-refractivity contribution < 1.29 is 0 Å². The lowest BCUT2D eigenvalue weighted by Crippen LogP contribution is -1.78. The van der Waals surface area contributed by atoms with Crippen LogP contribution in [0.2, 0.25) is 0 Å². The maximum atomic E-state index is 4.08. The van der Waals surface area contributed by atoms with Gasteiger partial charge in [-0.05, 0) is 24.1 Å². The van der Waals surface area contributed by atoms with Crippen molar-refractivity contribution in [2.24, 2.45) is 0 Å². The lowest BCUT2D eigenvalue weighted by Gasteiger charge is -2.00. The Morgan fingerprint density at radius 3 is 2.07 bits per heavy atom. The number of nitrogens with zero attached hydrogens (tertiary/aromatic N) is 1. The molecule has 78 valence electrons. The van der Waals surface area contributed by atoms with Crippen molar-refractivity contribution in [3.63, 3.8) is 0 Å². The molecule has 0 aliphatic rings. The summed E-state index contributed by atoms with van der Waals surface area (Å²) in [5, 5.41) is 0. The van der Waals surface area contributed by atoms with Gasteiger partial charge < -0.3 is 0 Å². The zero-order valence-electron chi connectivity index (χ0n) is 9.57. The predicted molar refractivity (Wildman–Crippen MR) is 65.8 cm³/mol. The monoisotopic (exact) mass is 199 g/mol. The van der Waals surface area contributed by atoms with Gasteiger partial charge in [0.15, 0.2) is 0 Å². The number of aromatic nitrogens is 1. The van der Waals surface area contributed by atoms with E-state index >= 15 is 0 Å². The van der Waals surface area contributed by atoms with Gasteiger partial charge in [-0.25, -0.2) is 0 Å². The van der Waals surface area contributed by atoms with Crippen molar-refractivity contribution in [1.29, 1.82) is 0 Å². The SMILES string of the molecule is CC.Cc1ccc(-c2cccnc2)cc1. The van der Waals surface area contributed by atoms with Gasteiger partial charge in [0, 0.05) is 12.4 Å². The normalized spacial score (nSPS) is 9.00. The van der Waals surface area contributed by atoms with Crippen molar-refractivity contribution >= 4 is 0 Å². The van der Waals surface area contributed by atoms with Gasteiger partial charge in [-0.2, -0.15) is 0 Å². The number of hydrogen-bond donors (Lipinski definition) is 0. The third-order valence-electron chi connectivity index (χ3n) is 2.05. The van der Waals surface area contributed by atoms with Crippen LogP contribution in [-0.2, 0) is 0 Å². The minimum atomic E-state index is 1.17. The Balaban J connectivity index is 0.000000531. The minimum absolute atomic E-state index is 1.17. The van der Waals surface area contributed by atoms with E-state index in [1.807, 2.05) is 26.1 Å². The van der Waals surface area contributed by atoms with E-state index < -0.39 is 0 Å². The molecule has 0 atom stereocenters. The van der Waals surface area contributed by atoms with Crippen LogP contribution < -0.4 is 0 Å². The quantitative estimate of drug-likeness (QED) is 0.674. The summed E-state index contributed by atoms with van der Waals surface area (Å²) in [7, 11) is 0. The van der Waals surface area contributed by atoms with Crippen LogP contribution in [0.15, 0.2) is 48.8 Å². The van der Waals surface area contributed by atoms with Gasteiger partial charge >= 0.3 is 0 Å². The topological polar surface area (TPSA) is 12.9 Å². The molecule has 1 aromatic heterocycles. The van der Waals surface area contributed by atoms with E-state index in [9.17, 15) is 0 Å². The van der Waals surface area contributed by atoms with Crippen molar-refractivity contribution in [1.82, 2.24) is 4.98 Å². The molecule has 1 heteroatoms. The van der Waals surface area contributed by atoms with Crippen LogP contribution in [0, 0.1) is 6.92 Å². The Bertz CT molecular complexity index is 376. The molecule has 2 aromatic rings. The molecule has 15 heavy (non-hydrogen) atoms. The Labute approximate surface area is 91.8 Å². The Hall–Kier alpha value is -1.63. The predicted octanol–water partition coefficient (Wildman–Crippen LogP) is 4.08. The minimum Gasteiger partial charge on any atom is -0.264 e. The Morgan fingerprint density at radius 1 is 0.867 bits per heavy atom. The number of rotatable bonds is 1. The van der Waals surface area contributed by atoms with E-state index in [4.69, 9.17) is 0 Å². The largest absolute Gasteiger partial charge is 0.264 e. The summed E-state index contributed by atoms with van der Waals surface area (Å²) in [6.45, 7) is 6.09. The van der Waals surface area contributed by atoms with Crippen LogP contribution in [0.25, 0.3) is 11.1 Å². The van der Waals surface area contributed by atoms with Crippen LogP contribution in [0.1, 0.15) is 19.4 Å². The van der Waals surface area contributed by atoms with Crippen LogP contribution in [0.4, 0.5) is 0 Å². The highest BCUT2D eigenvalue weighted by Gasteiger charge is 1.94. The zero-order chi connectivity index (χ0) is 11.1. The van der Waals surface area contributed by atoms with E-state index in [1.54, 1.807) is 6.20 Å². The summed E-state index contributed by atoms with van der Waals surface area (Å²) < 4.78 is 0. The second kappa shape index (κ2) is 5.97. The standard InChI is InChI=1S/C12H11N.C2H6/c1-10-4-6-11(7-5-10)12-3-2-8-13-9-12;1-2/h2-9H,1H3;1-2H3. The van der Waals surface area contributed by atoms with Crippen LogP contribution in [0.5, 0.6) is 0 Å². The molecule has 0 spiro atoms. The molecule has 0 saturated heterocycles. The van der Waals surface area contributed by atoms with Gasteiger partial charge in [0.1, 0.15) is 0 Å². The van der Waals surface area contributed by atoms with Crippen molar-refractivity contribution in [3.8, 4) is 11.1 Å². The third-order valence-corrected chi connectivity index (χ3v) is 2.05. The molecule has 0 fully saturated rings. The summed E-state index contributed by atoms with van der Waals surface area (Å²) in [6, 6.07) is 12.5.